The molecular formula is C74H111N13O16. The lowest BCUT2D eigenvalue weighted by Crippen LogP contribution is -2.63. The molecule has 0 spiro atoms. The lowest BCUT2D eigenvalue weighted by atomic mass is 9.82. The van der Waals surface area contributed by atoms with Gasteiger partial charge < -0.3 is 79.8 Å². The number of aromatic amines is 1. The molecule has 0 radical (unpaired) electrons. The van der Waals surface area contributed by atoms with Gasteiger partial charge in [-0.25, -0.2) is 0 Å². The van der Waals surface area contributed by atoms with Crippen LogP contribution in [-0.2, 0) is 80.0 Å². The Bertz CT molecular complexity index is 3470. The molecule has 2 heterocycles. The zero-order valence-corrected chi connectivity index (χ0v) is 61.4. The van der Waals surface area contributed by atoms with Gasteiger partial charge in [-0.1, -0.05) is 108 Å². The SMILES string of the molecule is CC(=O)N[C@@H](CC(C)C)C(=O)N[C@H](C(=O)N[C@@H](Cc1ccccc1)C(=O)N[C@@]1(C)CCCCCC/C=C/CCC[C@@](C)(C(=O)N[C@@H](CO)C(=O)NC(C)C(=O)N[C@@H](C)C(N)=O)NC(=O)[C@H](CC(C)C)CN[C@@H](CCC(N)=O)C(=O)C(=O)C(C)NC(=O)[C@H](Cc2c[nH]c3ccccc23)CC1=O)[C@@H](C)O. The normalized spacial score (nSPS) is 22.8. The number of amides is 11. The molecule has 3 aromatic rings. The summed E-state index contributed by atoms with van der Waals surface area (Å²) in [7, 11) is 0. The lowest BCUT2D eigenvalue weighted by Gasteiger charge is -2.34. The van der Waals surface area contributed by atoms with E-state index in [0.717, 1.165) is 10.9 Å². The van der Waals surface area contributed by atoms with Crippen molar-refractivity contribution in [2.24, 2.45) is 35.1 Å². The van der Waals surface area contributed by atoms with E-state index in [1.807, 2.05) is 58.0 Å². The van der Waals surface area contributed by atoms with Crippen LogP contribution in [0, 0.1) is 23.7 Å². The average molecular weight is 1440 g/mol. The molecule has 29 nitrogen and oxygen atoms in total. The van der Waals surface area contributed by atoms with E-state index in [4.69, 9.17) is 11.5 Å². The van der Waals surface area contributed by atoms with Gasteiger partial charge in [-0.05, 0) is 135 Å². The van der Waals surface area contributed by atoms with Gasteiger partial charge in [0.25, 0.3) is 0 Å². The second kappa shape index (κ2) is 41.8. The monoisotopic (exact) mass is 1440 g/mol. The van der Waals surface area contributed by atoms with Crippen LogP contribution in [0.15, 0.2) is 72.9 Å². The summed E-state index contributed by atoms with van der Waals surface area (Å²) < 4.78 is 0. The fourth-order valence-corrected chi connectivity index (χ4v) is 12.2. The second-order valence-electron chi connectivity index (χ2n) is 28.5. The van der Waals surface area contributed by atoms with E-state index in [9.17, 15) is 63.0 Å². The number of fused-ring (bicyclic) bond motifs is 1. The van der Waals surface area contributed by atoms with Crippen LogP contribution in [0.25, 0.3) is 10.9 Å². The predicted octanol–water partition coefficient (Wildman–Crippen LogP) is 1.76. The Morgan fingerprint density at radius 3 is 1.90 bits per heavy atom. The number of H-pyrrole nitrogens is 1. The van der Waals surface area contributed by atoms with Crippen molar-refractivity contribution in [3.63, 3.8) is 0 Å². The first-order valence-electron chi connectivity index (χ1n) is 35.7. The molecular weight excluding hydrogens is 1330 g/mol. The standard InChI is InChI=1S/C74H111N13O16/c1-42(2)34-52-40-78-55(30-31-60(75)92)63(94)62(93)44(5)79-66(97)50(37-51-39-77-54-29-23-22-28-53(51)54)38-59(91)73(10,87-70(101)57(36-49-26-20-19-21-27-49)83-71(102)61(47(8)89)85-68(99)56(35-43(3)4)82-48(9)90)32-24-17-15-13-12-14-16-18-25-33-74(11,86-67(52)98)72(103)84-58(41-88)69(100)81-46(7)65(96)80-45(6)64(76)95/h14,16,19-23,26-29,39,42-47,50,52,55-58,61,77-78,88-89H,12-13,15,17-18,24-25,30-38,40-41H2,1-11H3,(H2,75,92)(H2,76,95)(H,79,97)(H,80,96)(H,81,100)(H,82,90)(H,83,102)(H,84,103)(H,85,99)(H,86,98)(H,87,101)/b16-14+/t44?,45-,46?,47+,50+,52+,55-,56-,57-,58-,61-,73-,74-/m0/s1. The summed E-state index contributed by atoms with van der Waals surface area (Å²) in [6.45, 7) is 15.5. The number of nitrogens with two attached hydrogens (primary N) is 2. The van der Waals surface area contributed by atoms with Crippen molar-refractivity contribution in [2.75, 3.05) is 13.2 Å². The Hall–Kier alpha value is -9.22. The molecule has 11 amide bonds. The van der Waals surface area contributed by atoms with Gasteiger partial charge in [-0.2, -0.15) is 0 Å². The Morgan fingerprint density at radius 1 is 0.650 bits per heavy atom. The number of aromatic nitrogens is 1. The summed E-state index contributed by atoms with van der Waals surface area (Å²) in [5.74, 6) is -14.1. The number of para-hydroxylation sites is 1. The zero-order valence-electron chi connectivity index (χ0n) is 61.4. The van der Waals surface area contributed by atoms with E-state index >= 15 is 14.4 Å². The minimum atomic E-state index is -1.78. The molecule has 0 aliphatic carbocycles. The van der Waals surface area contributed by atoms with Crippen molar-refractivity contribution in [3.05, 3.63) is 84.1 Å². The van der Waals surface area contributed by atoms with Crippen LogP contribution < -0.4 is 64.6 Å². The molecule has 0 fully saturated rings. The molecule has 17 N–H and O–H groups in total. The first-order chi connectivity index (χ1) is 48.5. The number of hydrogen-bond donors (Lipinski definition) is 15. The molecule has 2 unspecified atom stereocenters. The van der Waals surface area contributed by atoms with Crippen molar-refractivity contribution < 1.29 is 77.3 Å². The number of rotatable bonds is 27. The summed E-state index contributed by atoms with van der Waals surface area (Å²) in [5, 5.41) is 48.7. The third-order valence-corrected chi connectivity index (χ3v) is 18.3. The van der Waals surface area contributed by atoms with Crippen molar-refractivity contribution in [3.8, 4) is 0 Å². The topological polar surface area (TPSA) is 468 Å². The minimum Gasteiger partial charge on any atom is -0.394 e. The number of hydrogen-bond acceptors (Lipinski definition) is 17. The number of aliphatic hydroxyl groups is 2. The predicted molar refractivity (Wildman–Crippen MR) is 386 cm³/mol. The summed E-state index contributed by atoms with van der Waals surface area (Å²) in [6, 6.07) is 4.78. The number of carbonyl (C=O) groups is 14. The van der Waals surface area contributed by atoms with Crippen LogP contribution in [0.5, 0.6) is 0 Å². The second-order valence-corrected chi connectivity index (χ2v) is 28.5. The molecule has 1 aliphatic heterocycles. The number of allylic oxidation sites excluding steroid dienone is 2. The van der Waals surface area contributed by atoms with Gasteiger partial charge in [0.05, 0.1) is 36.3 Å². The summed E-state index contributed by atoms with van der Waals surface area (Å²) in [5.41, 5.74) is 9.24. The number of carbonyl (C=O) groups excluding carboxylic acids is 14. The highest BCUT2D eigenvalue weighted by Gasteiger charge is 2.43. The molecule has 2 aromatic carbocycles. The van der Waals surface area contributed by atoms with Gasteiger partial charge in [0.15, 0.2) is 5.78 Å². The zero-order chi connectivity index (χ0) is 76.9. The third kappa shape index (κ3) is 28.2. The quantitative estimate of drug-likeness (QED) is 0.0382. The molecule has 4 rings (SSSR count). The lowest BCUT2D eigenvalue weighted by molar-refractivity contribution is -0.141. The highest BCUT2D eigenvalue weighted by molar-refractivity contribution is 6.41. The molecule has 568 valence electrons. The van der Waals surface area contributed by atoms with E-state index in [1.165, 1.54) is 48.5 Å². The van der Waals surface area contributed by atoms with E-state index in [2.05, 4.69) is 58.2 Å². The van der Waals surface area contributed by atoms with Gasteiger partial charge in [0, 0.05) is 55.7 Å². The van der Waals surface area contributed by atoms with Gasteiger partial charge in [0.1, 0.15) is 41.8 Å². The first kappa shape index (κ1) is 86.2. The van der Waals surface area contributed by atoms with E-state index in [-0.39, 0.29) is 63.3 Å². The highest BCUT2D eigenvalue weighted by Crippen LogP contribution is 2.28. The van der Waals surface area contributed by atoms with Gasteiger partial charge >= 0.3 is 0 Å². The average Bonchev–Trinajstić information content (AvgIpc) is 1.80. The van der Waals surface area contributed by atoms with Crippen molar-refractivity contribution in [1.29, 1.82) is 0 Å². The smallest absolute Gasteiger partial charge is 0.246 e. The molecule has 1 aliphatic rings. The number of nitrogens with one attached hydrogen (secondary N) is 11. The fourth-order valence-electron chi connectivity index (χ4n) is 12.2. The Balaban J connectivity index is 1.79. The molecule has 1 aromatic heterocycles. The number of Topliss-reactive ketones (excluding diaryl/α,β-unsaturated/α-hetero) is 3. The van der Waals surface area contributed by atoms with Gasteiger partial charge in [-0.15, -0.1) is 0 Å². The Labute approximate surface area is 603 Å². The first-order valence-corrected chi connectivity index (χ1v) is 35.7. The molecule has 103 heavy (non-hydrogen) atoms. The number of benzene rings is 2. The van der Waals surface area contributed by atoms with Crippen molar-refractivity contribution in [1.82, 2.24) is 58.2 Å². The maximum Gasteiger partial charge on any atom is 0.246 e. The van der Waals surface area contributed by atoms with Crippen molar-refractivity contribution in [2.45, 2.75) is 244 Å². The number of aliphatic hydroxyl groups excluding tert-OH is 2. The Kier molecular flexibility index (Phi) is 35.0. The van der Waals surface area contributed by atoms with Crippen LogP contribution in [0.2, 0.25) is 0 Å². The van der Waals surface area contributed by atoms with Crippen LogP contribution in [0.4, 0.5) is 0 Å². The molecule has 0 bridgehead atoms. The maximum atomic E-state index is 15.5. The summed E-state index contributed by atoms with van der Waals surface area (Å²) >= 11 is 0. The maximum absolute atomic E-state index is 15.5. The van der Waals surface area contributed by atoms with Crippen LogP contribution >= 0.6 is 0 Å². The minimum absolute atomic E-state index is 0.0190. The largest absolute Gasteiger partial charge is 0.394 e. The highest BCUT2D eigenvalue weighted by atomic mass is 16.3. The molecule has 0 saturated carbocycles. The van der Waals surface area contributed by atoms with Gasteiger partial charge in [0.2, 0.25) is 76.5 Å². The molecule has 13 atom stereocenters. The third-order valence-electron chi connectivity index (χ3n) is 18.3. The van der Waals surface area contributed by atoms with Crippen molar-refractivity contribution >= 4 is 93.2 Å². The van der Waals surface area contributed by atoms with E-state index in [1.54, 1.807) is 42.6 Å². The summed E-state index contributed by atoms with van der Waals surface area (Å²) in [6.07, 6.45) is 6.46. The summed E-state index contributed by atoms with van der Waals surface area (Å²) in [4.78, 5) is 198. The van der Waals surface area contributed by atoms with E-state index in [0.29, 0.717) is 56.1 Å². The number of ketones is 3. The van der Waals surface area contributed by atoms with Crippen LogP contribution in [0.1, 0.15) is 177 Å². The molecule has 29 heteroatoms. The Morgan fingerprint density at radius 2 is 1.28 bits per heavy atom. The number of primary amides is 2. The van der Waals surface area contributed by atoms with Crippen LogP contribution in [-0.4, -0.2) is 176 Å². The van der Waals surface area contributed by atoms with E-state index < -0.39 is 179 Å². The van der Waals surface area contributed by atoms with Gasteiger partial charge in [-0.3, -0.25) is 67.1 Å². The fraction of sp³-hybridized carbons (Fsp3) is 0.595. The van der Waals surface area contributed by atoms with Crippen LogP contribution in [0.3, 0.4) is 0 Å². The molecule has 0 saturated heterocycles.